The summed E-state index contributed by atoms with van der Waals surface area (Å²) in [4.78, 5) is 40.8. The Balaban J connectivity index is 1.39. The number of hydrogen-bond donors (Lipinski definition) is 0. The molecule has 0 aromatic rings. The maximum atomic E-state index is 13.0. The fourth-order valence-electron chi connectivity index (χ4n) is 6.32. The summed E-state index contributed by atoms with van der Waals surface area (Å²) >= 11 is 0. The first-order valence-electron chi connectivity index (χ1n) is 9.41. The third-order valence-corrected chi connectivity index (χ3v) is 6.85. The maximum absolute atomic E-state index is 13.0. The number of amides is 4. The molecular formula is C18H24N2O5. The van der Waals surface area contributed by atoms with E-state index >= 15 is 0 Å². The van der Waals surface area contributed by atoms with E-state index in [2.05, 4.69) is 0 Å². The van der Waals surface area contributed by atoms with Crippen molar-refractivity contribution < 1.29 is 23.9 Å². The molecule has 6 rings (SSSR count). The van der Waals surface area contributed by atoms with E-state index in [0.29, 0.717) is 31.0 Å². The van der Waals surface area contributed by atoms with Gasteiger partial charge in [-0.1, -0.05) is 0 Å². The van der Waals surface area contributed by atoms with Crippen molar-refractivity contribution >= 4 is 17.8 Å². The normalized spacial score (nSPS) is 41.3. The van der Waals surface area contributed by atoms with Crippen molar-refractivity contribution in [3.63, 3.8) is 0 Å². The van der Waals surface area contributed by atoms with Crippen molar-refractivity contribution in [1.82, 2.24) is 9.80 Å². The molecule has 7 heteroatoms. The van der Waals surface area contributed by atoms with E-state index in [1.807, 2.05) is 0 Å². The number of carbonyl (C=O) groups excluding carboxylic acids is 3. The van der Waals surface area contributed by atoms with Crippen LogP contribution in [-0.4, -0.2) is 59.7 Å². The summed E-state index contributed by atoms with van der Waals surface area (Å²) in [5, 5.41) is 0. The average molecular weight is 348 g/mol. The van der Waals surface area contributed by atoms with Crippen LogP contribution in [0, 0.1) is 23.7 Å². The van der Waals surface area contributed by atoms with E-state index in [0.717, 1.165) is 24.2 Å². The molecule has 4 bridgehead atoms. The average Bonchev–Trinajstić information content (AvgIpc) is 2.78. The van der Waals surface area contributed by atoms with E-state index < -0.39 is 23.4 Å². The first kappa shape index (κ1) is 15.8. The minimum absolute atomic E-state index is 0.0641. The van der Waals surface area contributed by atoms with Gasteiger partial charge in [-0.05, 0) is 56.3 Å². The molecule has 6 aliphatic rings. The predicted octanol–water partition coefficient (Wildman–Crippen LogP) is 1.37. The van der Waals surface area contributed by atoms with Gasteiger partial charge in [-0.3, -0.25) is 14.5 Å². The Bertz CT molecular complexity index is 592. The molecule has 0 atom stereocenters. The van der Waals surface area contributed by atoms with Crippen LogP contribution < -0.4 is 0 Å². The molecular weight excluding hydrogens is 324 g/mol. The number of urea groups is 1. The van der Waals surface area contributed by atoms with Crippen LogP contribution in [0.1, 0.15) is 38.5 Å². The highest BCUT2D eigenvalue weighted by molar-refractivity contribution is 6.44. The van der Waals surface area contributed by atoms with Crippen LogP contribution in [0.2, 0.25) is 0 Å². The van der Waals surface area contributed by atoms with Gasteiger partial charge >= 0.3 is 17.8 Å². The maximum Gasteiger partial charge on any atom is 0.334 e. The lowest BCUT2D eigenvalue weighted by molar-refractivity contribution is -0.151. The lowest BCUT2D eigenvalue weighted by Gasteiger charge is -2.58. The van der Waals surface area contributed by atoms with Gasteiger partial charge in [-0.2, -0.15) is 0 Å². The minimum Gasteiger partial charge on any atom is -0.355 e. The fourth-order valence-corrected chi connectivity index (χ4v) is 6.32. The molecule has 7 nitrogen and oxygen atoms in total. The van der Waals surface area contributed by atoms with Crippen LogP contribution >= 0.6 is 0 Å². The fraction of sp³-hybridized carbons (Fsp3) is 0.833. The van der Waals surface area contributed by atoms with Gasteiger partial charge in [0.25, 0.3) is 0 Å². The molecule has 4 aliphatic carbocycles. The Hall–Kier alpha value is -1.47. The first-order chi connectivity index (χ1) is 12.1. The summed E-state index contributed by atoms with van der Waals surface area (Å²) in [5.41, 5.74) is -0.410. The number of hydrogen-bond acceptors (Lipinski definition) is 5. The second kappa shape index (κ2) is 5.51. The van der Waals surface area contributed by atoms with Gasteiger partial charge in [0.2, 0.25) is 0 Å². The zero-order chi connectivity index (χ0) is 17.2. The lowest BCUT2D eigenvalue weighted by Crippen LogP contribution is -2.62. The summed E-state index contributed by atoms with van der Waals surface area (Å²) in [5.74, 6) is 0.463. The molecule has 2 saturated heterocycles. The number of ether oxygens (including phenoxy) is 2. The van der Waals surface area contributed by atoms with Gasteiger partial charge in [0.05, 0.1) is 18.8 Å². The highest BCUT2D eigenvalue weighted by Gasteiger charge is 2.61. The molecule has 0 aromatic carbocycles. The monoisotopic (exact) mass is 348 g/mol. The van der Waals surface area contributed by atoms with Gasteiger partial charge in [-0.15, -0.1) is 0 Å². The third kappa shape index (κ3) is 2.35. The molecule has 4 amide bonds. The second-order valence-corrected chi connectivity index (χ2v) is 8.71. The van der Waals surface area contributed by atoms with Gasteiger partial charge in [-0.25, -0.2) is 9.69 Å². The first-order valence-corrected chi connectivity index (χ1v) is 9.41. The van der Waals surface area contributed by atoms with Crippen molar-refractivity contribution in [3.05, 3.63) is 0 Å². The third-order valence-electron chi connectivity index (χ3n) is 6.85. The molecule has 4 saturated carbocycles. The molecule has 25 heavy (non-hydrogen) atoms. The molecule has 0 radical (unpaired) electrons. The molecule has 0 unspecified atom stereocenters. The van der Waals surface area contributed by atoms with Crippen molar-refractivity contribution in [2.45, 2.75) is 44.1 Å². The van der Waals surface area contributed by atoms with Gasteiger partial charge in [0, 0.05) is 12.5 Å². The highest BCUT2D eigenvalue weighted by atomic mass is 16.7. The molecule has 0 spiro atoms. The van der Waals surface area contributed by atoms with Crippen molar-refractivity contribution in [1.29, 1.82) is 0 Å². The summed E-state index contributed by atoms with van der Waals surface area (Å²) in [6.45, 7) is 1.34. The Kier molecular flexibility index (Phi) is 3.47. The summed E-state index contributed by atoms with van der Waals surface area (Å²) in [6, 6.07) is -0.414. The lowest BCUT2D eigenvalue weighted by atomic mass is 9.52. The van der Waals surface area contributed by atoms with Crippen LogP contribution in [-0.2, 0) is 19.1 Å². The summed E-state index contributed by atoms with van der Waals surface area (Å²) in [7, 11) is 0. The molecule has 2 heterocycles. The van der Waals surface area contributed by atoms with Crippen LogP contribution in [0.25, 0.3) is 0 Å². The topological polar surface area (TPSA) is 76.2 Å². The standard InChI is InChI=1S/C18H24N2O5/c21-15-16(22)20(17(23)19(15)7-14-8-24-10-25-9-14)18-4-11-1-12(5-18)3-13(2-11)6-18/h11-14H,1-10H2. The van der Waals surface area contributed by atoms with Crippen molar-refractivity contribution in [2.75, 3.05) is 26.6 Å². The molecule has 6 fully saturated rings. The summed E-state index contributed by atoms with van der Waals surface area (Å²) < 4.78 is 10.5. The van der Waals surface area contributed by atoms with Crippen LogP contribution in [0.3, 0.4) is 0 Å². The van der Waals surface area contributed by atoms with E-state index in [1.54, 1.807) is 0 Å². The molecule has 0 aromatic heterocycles. The minimum atomic E-state index is -0.675. The van der Waals surface area contributed by atoms with Gasteiger partial charge < -0.3 is 9.47 Å². The smallest absolute Gasteiger partial charge is 0.334 e. The molecule has 2 aliphatic heterocycles. The van der Waals surface area contributed by atoms with Crippen LogP contribution in [0.5, 0.6) is 0 Å². The van der Waals surface area contributed by atoms with Gasteiger partial charge in [0.15, 0.2) is 0 Å². The molecule has 0 N–H and O–H groups in total. The summed E-state index contributed by atoms with van der Waals surface area (Å²) in [6.07, 6.45) is 6.32. The number of nitrogens with zero attached hydrogens (tertiary/aromatic N) is 2. The zero-order valence-electron chi connectivity index (χ0n) is 14.3. The van der Waals surface area contributed by atoms with E-state index in [1.165, 1.54) is 24.2 Å². The Labute approximate surface area is 146 Å². The predicted molar refractivity (Wildman–Crippen MR) is 85.1 cm³/mol. The van der Waals surface area contributed by atoms with Crippen molar-refractivity contribution in [3.8, 4) is 0 Å². The number of imide groups is 2. The Morgan fingerprint density at radius 3 is 2.00 bits per heavy atom. The van der Waals surface area contributed by atoms with E-state index in [-0.39, 0.29) is 19.3 Å². The number of rotatable bonds is 3. The van der Waals surface area contributed by atoms with E-state index in [9.17, 15) is 14.4 Å². The molecule has 136 valence electrons. The van der Waals surface area contributed by atoms with E-state index in [4.69, 9.17) is 9.47 Å². The quantitative estimate of drug-likeness (QED) is 0.569. The van der Waals surface area contributed by atoms with Crippen LogP contribution in [0.15, 0.2) is 0 Å². The Morgan fingerprint density at radius 2 is 1.44 bits per heavy atom. The van der Waals surface area contributed by atoms with Gasteiger partial charge in [0.1, 0.15) is 6.79 Å². The number of carbonyl (C=O) groups is 3. The SMILES string of the molecule is O=C1C(=O)N(C23CC4CC(CC(C4)C2)C3)C(=O)N1CC1COCOC1. The second-order valence-electron chi connectivity index (χ2n) is 8.71. The largest absolute Gasteiger partial charge is 0.355 e. The highest BCUT2D eigenvalue weighted by Crippen LogP contribution is 2.58. The zero-order valence-corrected chi connectivity index (χ0v) is 14.3. The van der Waals surface area contributed by atoms with Crippen molar-refractivity contribution in [2.24, 2.45) is 23.7 Å². The Morgan fingerprint density at radius 1 is 0.880 bits per heavy atom. The van der Waals surface area contributed by atoms with Crippen LogP contribution in [0.4, 0.5) is 4.79 Å².